The molecule has 0 spiro atoms. The predicted molar refractivity (Wildman–Crippen MR) is 73.5 cm³/mol. The lowest BCUT2D eigenvalue weighted by atomic mass is 9.94. The largest absolute Gasteiger partial charge is 0.460 e. The van der Waals surface area contributed by atoms with E-state index in [9.17, 15) is 13.2 Å². The Labute approximate surface area is 114 Å². The monoisotopic (exact) mass is 284 g/mol. The van der Waals surface area contributed by atoms with Crippen LogP contribution >= 0.6 is 0 Å². The molecule has 0 aliphatic rings. The number of benzene rings is 1. The molecule has 1 rings (SSSR count). The van der Waals surface area contributed by atoms with Gasteiger partial charge in [0.15, 0.2) is 9.84 Å². The molecular formula is C14H20O4S. The van der Waals surface area contributed by atoms with E-state index in [2.05, 4.69) is 0 Å². The van der Waals surface area contributed by atoms with Crippen molar-refractivity contribution >= 4 is 15.8 Å². The molecule has 0 N–H and O–H groups in total. The van der Waals surface area contributed by atoms with Gasteiger partial charge in [0.1, 0.15) is 5.60 Å². The van der Waals surface area contributed by atoms with Gasteiger partial charge in [-0.2, -0.15) is 0 Å². The van der Waals surface area contributed by atoms with Gasteiger partial charge in [-0.1, -0.05) is 25.1 Å². The van der Waals surface area contributed by atoms with Crippen molar-refractivity contribution in [3.05, 3.63) is 30.3 Å². The first-order valence-corrected chi connectivity index (χ1v) is 7.78. The first-order chi connectivity index (χ1) is 8.65. The minimum absolute atomic E-state index is 0.0582. The van der Waals surface area contributed by atoms with Crippen LogP contribution in [0.3, 0.4) is 0 Å². The van der Waals surface area contributed by atoms with Crippen molar-refractivity contribution in [3.8, 4) is 0 Å². The third-order valence-corrected chi connectivity index (χ3v) is 5.09. The quantitative estimate of drug-likeness (QED) is 0.779. The van der Waals surface area contributed by atoms with E-state index >= 15 is 0 Å². The molecule has 0 saturated heterocycles. The Kier molecular flexibility index (Phi) is 4.74. The van der Waals surface area contributed by atoms with Gasteiger partial charge in [0.25, 0.3) is 0 Å². The molecule has 4 nitrogen and oxygen atoms in total. The van der Waals surface area contributed by atoms with Crippen LogP contribution in [-0.2, 0) is 19.4 Å². The fraction of sp³-hybridized carbons (Fsp3) is 0.500. The topological polar surface area (TPSA) is 60.4 Å². The molecule has 19 heavy (non-hydrogen) atoms. The molecule has 0 bridgehead atoms. The summed E-state index contributed by atoms with van der Waals surface area (Å²) >= 11 is 0. The van der Waals surface area contributed by atoms with E-state index in [0.29, 0.717) is 4.90 Å². The van der Waals surface area contributed by atoms with E-state index in [1.807, 2.05) is 0 Å². The number of rotatable bonds is 5. The Morgan fingerprint density at radius 1 is 1.26 bits per heavy atom. The molecule has 0 heterocycles. The van der Waals surface area contributed by atoms with Gasteiger partial charge in [-0.25, -0.2) is 8.42 Å². The van der Waals surface area contributed by atoms with E-state index in [4.69, 9.17) is 4.74 Å². The first-order valence-electron chi connectivity index (χ1n) is 6.12. The summed E-state index contributed by atoms with van der Waals surface area (Å²) in [6.45, 7) is 6.53. The Balaban J connectivity index is 2.87. The van der Waals surface area contributed by atoms with E-state index in [-0.39, 0.29) is 11.7 Å². The summed E-state index contributed by atoms with van der Waals surface area (Å²) in [7, 11) is -3.37. The van der Waals surface area contributed by atoms with Crippen molar-refractivity contribution in [2.24, 2.45) is 5.92 Å². The van der Waals surface area contributed by atoms with Crippen molar-refractivity contribution in [3.63, 3.8) is 0 Å². The highest BCUT2D eigenvalue weighted by atomic mass is 32.2. The van der Waals surface area contributed by atoms with E-state index in [1.54, 1.807) is 51.1 Å². The molecule has 1 atom stereocenters. The van der Waals surface area contributed by atoms with Crippen molar-refractivity contribution in [1.82, 2.24) is 0 Å². The van der Waals surface area contributed by atoms with Gasteiger partial charge < -0.3 is 4.74 Å². The van der Waals surface area contributed by atoms with Gasteiger partial charge >= 0.3 is 5.97 Å². The number of ether oxygens (including phenoxy) is 1. The maximum Gasteiger partial charge on any atom is 0.303 e. The summed E-state index contributed by atoms with van der Waals surface area (Å²) < 4.78 is 29.6. The summed E-state index contributed by atoms with van der Waals surface area (Å²) in [6, 6.07) is 8.29. The number of esters is 1. The lowest BCUT2D eigenvalue weighted by Gasteiger charge is -2.31. The number of carbonyl (C=O) groups is 1. The SMILES string of the molecule is CC(=O)OC(C)(C)[C@H](C)CS(=O)(=O)c1ccccc1. The number of carbonyl (C=O) groups excluding carboxylic acids is 1. The molecule has 0 aliphatic carbocycles. The molecule has 0 fully saturated rings. The molecule has 106 valence electrons. The fourth-order valence-electron chi connectivity index (χ4n) is 1.72. The molecular weight excluding hydrogens is 264 g/mol. The van der Waals surface area contributed by atoms with Crippen molar-refractivity contribution in [2.75, 3.05) is 5.75 Å². The maximum absolute atomic E-state index is 12.2. The molecule has 0 unspecified atom stereocenters. The number of hydrogen-bond donors (Lipinski definition) is 0. The average Bonchev–Trinajstić information content (AvgIpc) is 2.28. The zero-order valence-corrected chi connectivity index (χ0v) is 12.5. The molecule has 0 radical (unpaired) electrons. The third kappa shape index (κ3) is 4.35. The fourth-order valence-corrected chi connectivity index (χ4v) is 3.55. The van der Waals surface area contributed by atoms with Gasteiger partial charge in [0, 0.05) is 12.8 Å². The Morgan fingerprint density at radius 2 is 1.79 bits per heavy atom. The van der Waals surface area contributed by atoms with Crippen molar-refractivity contribution in [1.29, 1.82) is 0 Å². The van der Waals surface area contributed by atoms with Gasteiger partial charge in [-0.05, 0) is 26.0 Å². The maximum atomic E-state index is 12.2. The van der Waals surface area contributed by atoms with E-state index in [0.717, 1.165) is 0 Å². The van der Waals surface area contributed by atoms with Crippen LogP contribution in [0.2, 0.25) is 0 Å². The normalized spacial score (nSPS) is 13.9. The second-order valence-corrected chi connectivity index (χ2v) is 7.23. The van der Waals surface area contributed by atoms with Crippen LogP contribution in [0.5, 0.6) is 0 Å². The van der Waals surface area contributed by atoms with Crippen LogP contribution in [0.4, 0.5) is 0 Å². The van der Waals surface area contributed by atoms with Crippen LogP contribution in [0, 0.1) is 5.92 Å². The lowest BCUT2D eigenvalue weighted by molar-refractivity contribution is -0.157. The highest BCUT2D eigenvalue weighted by molar-refractivity contribution is 7.91. The Hall–Kier alpha value is -1.36. The Bertz CT molecular complexity index is 532. The second-order valence-electron chi connectivity index (χ2n) is 5.19. The third-order valence-electron chi connectivity index (χ3n) is 3.17. The Morgan fingerprint density at radius 3 is 2.26 bits per heavy atom. The zero-order chi connectivity index (χ0) is 14.7. The molecule has 0 amide bonds. The standard InChI is InChI=1S/C14H20O4S/c1-11(14(3,4)18-12(2)15)10-19(16,17)13-8-6-5-7-9-13/h5-9,11H,10H2,1-4H3/t11-/m1/s1. The zero-order valence-electron chi connectivity index (χ0n) is 11.7. The van der Waals surface area contributed by atoms with Crippen molar-refractivity contribution < 1.29 is 17.9 Å². The summed E-state index contributed by atoms with van der Waals surface area (Å²) in [4.78, 5) is 11.3. The molecule has 0 aliphatic heterocycles. The summed E-state index contributed by atoms with van der Waals surface area (Å²) in [5.74, 6) is -0.771. The van der Waals surface area contributed by atoms with E-state index < -0.39 is 21.4 Å². The highest BCUT2D eigenvalue weighted by Crippen LogP contribution is 2.25. The smallest absolute Gasteiger partial charge is 0.303 e. The minimum Gasteiger partial charge on any atom is -0.460 e. The van der Waals surface area contributed by atoms with Gasteiger partial charge in [-0.3, -0.25) is 4.79 Å². The minimum atomic E-state index is -3.37. The van der Waals surface area contributed by atoms with E-state index in [1.165, 1.54) is 6.92 Å². The second kappa shape index (κ2) is 5.74. The average molecular weight is 284 g/mol. The summed E-state index contributed by atoms with van der Waals surface area (Å²) in [6.07, 6.45) is 0. The molecule has 0 aromatic heterocycles. The van der Waals surface area contributed by atoms with Crippen LogP contribution in [0.1, 0.15) is 27.7 Å². The number of hydrogen-bond acceptors (Lipinski definition) is 4. The van der Waals surface area contributed by atoms with Gasteiger partial charge in [-0.15, -0.1) is 0 Å². The summed E-state index contributed by atoms with van der Waals surface area (Å²) in [5.41, 5.74) is -0.812. The van der Waals surface area contributed by atoms with Crippen LogP contribution in [0.25, 0.3) is 0 Å². The molecule has 0 saturated carbocycles. The summed E-state index contributed by atoms with van der Waals surface area (Å²) in [5, 5.41) is 0. The first kappa shape index (κ1) is 15.7. The van der Waals surface area contributed by atoms with Gasteiger partial charge in [0.2, 0.25) is 0 Å². The predicted octanol–water partition coefficient (Wildman–Crippen LogP) is 2.44. The number of sulfone groups is 1. The van der Waals surface area contributed by atoms with Crippen LogP contribution in [-0.4, -0.2) is 25.7 Å². The van der Waals surface area contributed by atoms with Gasteiger partial charge in [0.05, 0.1) is 10.6 Å². The molecule has 1 aromatic carbocycles. The van der Waals surface area contributed by atoms with Crippen LogP contribution in [0.15, 0.2) is 35.2 Å². The lowest BCUT2D eigenvalue weighted by Crippen LogP contribution is -2.38. The molecule has 5 heteroatoms. The van der Waals surface area contributed by atoms with Crippen LogP contribution < -0.4 is 0 Å². The highest BCUT2D eigenvalue weighted by Gasteiger charge is 2.33. The van der Waals surface area contributed by atoms with Crippen molar-refractivity contribution in [2.45, 2.75) is 38.2 Å². The molecule has 1 aromatic rings.